The van der Waals surface area contributed by atoms with E-state index < -0.39 is 0 Å². The quantitative estimate of drug-likeness (QED) is 0.576. The summed E-state index contributed by atoms with van der Waals surface area (Å²) in [5.41, 5.74) is 4.62. The molecule has 1 aliphatic carbocycles. The summed E-state index contributed by atoms with van der Waals surface area (Å²) in [5.74, 6) is 0.634. The van der Waals surface area contributed by atoms with Crippen LogP contribution in [0.1, 0.15) is 49.1 Å². The molecule has 3 rings (SSSR count). The van der Waals surface area contributed by atoms with Gasteiger partial charge in [-0.25, -0.2) is 0 Å². The highest BCUT2D eigenvalue weighted by atomic mass is 14.2. The summed E-state index contributed by atoms with van der Waals surface area (Å²) in [6, 6.07) is 21.9. The summed E-state index contributed by atoms with van der Waals surface area (Å²) in [4.78, 5) is 0. The van der Waals surface area contributed by atoms with Crippen molar-refractivity contribution in [1.29, 1.82) is 0 Å². The maximum absolute atomic E-state index is 2.46. The molecule has 21 heavy (non-hydrogen) atoms. The Morgan fingerprint density at radius 1 is 0.857 bits per heavy atom. The van der Waals surface area contributed by atoms with E-state index in [1.165, 1.54) is 43.2 Å². The zero-order valence-electron chi connectivity index (χ0n) is 12.7. The lowest BCUT2D eigenvalue weighted by Crippen LogP contribution is -2.03. The number of allylic oxidation sites excluding steroid dienone is 2. The summed E-state index contributed by atoms with van der Waals surface area (Å²) < 4.78 is 0. The Morgan fingerprint density at radius 2 is 1.57 bits per heavy atom. The van der Waals surface area contributed by atoms with Gasteiger partial charge in [-0.05, 0) is 55.6 Å². The Balaban J connectivity index is 1.71. The van der Waals surface area contributed by atoms with Gasteiger partial charge in [-0.3, -0.25) is 0 Å². The first-order valence-electron chi connectivity index (χ1n) is 8.18. The highest BCUT2D eigenvalue weighted by Gasteiger charge is 2.14. The predicted molar refractivity (Wildman–Crippen MR) is 90.5 cm³/mol. The maximum Gasteiger partial charge on any atom is -0.0118 e. The van der Waals surface area contributed by atoms with Gasteiger partial charge in [0.2, 0.25) is 0 Å². The van der Waals surface area contributed by atoms with Gasteiger partial charge < -0.3 is 0 Å². The Bertz CT molecular complexity index is 566. The lowest BCUT2D eigenvalue weighted by atomic mass is 9.87. The molecule has 1 atom stereocenters. The molecule has 0 heterocycles. The predicted octanol–water partition coefficient (Wildman–Crippen LogP) is 5.90. The van der Waals surface area contributed by atoms with E-state index in [9.17, 15) is 0 Å². The van der Waals surface area contributed by atoms with Crippen LogP contribution in [0.4, 0.5) is 0 Å². The van der Waals surface area contributed by atoms with Crippen LogP contribution in [-0.2, 0) is 6.42 Å². The fraction of sp³-hybridized carbons (Fsp3) is 0.333. The maximum atomic E-state index is 2.46. The molecule has 0 saturated carbocycles. The minimum Gasteiger partial charge on any atom is -0.0853 e. The van der Waals surface area contributed by atoms with Gasteiger partial charge in [0.05, 0.1) is 0 Å². The highest BCUT2D eigenvalue weighted by Crippen LogP contribution is 2.30. The summed E-state index contributed by atoms with van der Waals surface area (Å²) in [7, 11) is 0. The first-order chi connectivity index (χ1) is 10.4. The van der Waals surface area contributed by atoms with E-state index in [0.29, 0.717) is 5.92 Å². The second-order valence-corrected chi connectivity index (χ2v) is 6.09. The highest BCUT2D eigenvalue weighted by molar-refractivity contribution is 5.24. The van der Waals surface area contributed by atoms with Crippen LogP contribution >= 0.6 is 0 Å². The van der Waals surface area contributed by atoms with E-state index in [1.807, 2.05) is 0 Å². The van der Waals surface area contributed by atoms with Crippen LogP contribution in [0.15, 0.2) is 72.3 Å². The molecule has 0 bridgehead atoms. The van der Waals surface area contributed by atoms with Gasteiger partial charge in [0.15, 0.2) is 0 Å². The van der Waals surface area contributed by atoms with Crippen LogP contribution in [0, 0.1) is 0 Å². The SMILES string of the molecule is C1=C(CCC(Cc2ccccc2)c2ccccc2)CCC1. The second kappa shape index (κ2) is 7.26. The molecule has 1 aliphatic rings. The topological polar surface area (TPSA) is 0 Å². The van der Waals surface area contributed by atoms with E-state index in [1.54, 1.807) is 5.57 Å². The van der Waals surface area contributed by atoms with Crippen molar-refractivity contribution in [1.82, 2.24) is 0 Å². The molecular formula is C21H24. The van der Waals surface area contributed by atoms with Crippen molar-refractivity contribution in [2.75, 3.05) is 0 Å². The molecule has 1 unspecified atom stereocenters. The number of hydrogen-bond donors (Lipinski definition) is 0. The van der Waals surface area contributed by atoms with E-state index in [2.05, 4.69) is 66.7 Å². The van der Waals surface area contributed by atoms with Gasteiger partial charge in [-0.15, -0.1) is 0 Å². The Labute approximate surface area is 128 Å². The summed E-state index contributed by atoms with van der Waals surface area (Å²) in [6.07, 6.45) is 10.1. The van der Waals surface area contributed by atoms with Crippen molar-refractivity contribution in [2.24, 2.45) is 0 Å². The molecule has 0 N–H and O–H groups in total. The molecule has 2 aromatic rings. The minimum absolute atomic E-state index is 0.634. The lowest BCUT2D eigenvalue weighted by Gasteiger charge is -2.18. The third-order valence-corrected chi connectivity index (χ3v) is 4.54. The third kappa shape index (κ3) is 4.07. The average Bonchev–Trinajstić information content (AvgIpc) is 3.07. The number of hydrogen-bond acceptors (Lipinski definition) is 0. The van der Waals surface area contributed by atoms with Crippen molar-refractivity contribution in [3.63, 3.8) is 0 Å². The first kappa shape index (κ1) is 14.1. The zero-order valence-corrected chi connectivity index (χ0v) is 12.7. The summed E-state index contributed by atoms with van der Waals surface area (Å²) in [6.45, 7) is 0. The van der Waals surface area contributed by atoms with Gasteiger partial charge in [-0.1, -0.05) is 72.3 Å². The minimum atomic E-state index is 0.634. The van der Waals surface area contributed by atoms with Crippen LogP contribution < -0.4 is 0 Å². The van der Waals surface area contributed by atoms with Crippen LogP contribution in [0.3, 0.4) is 0 Å². The van der Waals surface area contributed by atoms with Gasteiger partial charge in [-0.2, -0.15) is 0 Å². The molecule has 0 radical (unpaired) electrons. The lowest BCUT2D eigenvalue weighted by molar-refractivity contribution is 0.613. The van der Waals surface area contributed by atoms with Gasteiger partial charge in [0, 0.05) is 0 Å². The molecule has 2 aromatic carbocycles. The van der Waals surface area contributed by atoms with Crippen molar-refractivity contribution >= 4 is 0 Å². The smallest absolute Gasteiger partial charge is 0.0118 e. The normalized spacial score (nSPS) is 15.7. The van der Waals surface area contributed by atoms with Crippen molar-refractivity contribution in [3.8, 4) is 0 Å². The van der Waals surface area contributed by atoms with Gasteiger partial charge in [0.25, 0.3) is 0 Å². The molecule has 0 nitrogen and oxygen atoms in total. The molecule has 0 aliphatic heterocycles. The second-order valence-electron chi connectivity index (χ2n) is 6.09. The summed E-state index contributed by atoms with van der Waals surface area (Å²) >= 11 is 0. The fourth-order valence-electron chi connectivity index (χ4n) is 3.33. The number of rotatable bonds is 6. The van der Waals surface area contributed by atoms with Crippen LogP contribution in [0.2, 0.25) is 0 Å². The molecule has 0 aromatic heterocycles. The van der Waals surface area contributed by atoms with E-state index in [-0.39, 0.29) is 0 Å². The molecule has 0 spiro atoms. The fourth-order valence-corrected chi connectivity index (χ4v) is 3.33. The van der Waals surface area contributed by atoms with Crippen LogP contribution in [-0.4, -0.2) is 0 Å². The van der Waals surface area contributed by atoms with Crippen LogP contribution in [0.5, 0.6) is 0 Å². The summed E-state index contributed by atoms with van der Waals surface area (Å²) in [5, 5.41) is 0. The third-order valence-electron chi connectivity index (χ3n) is 4.54. The zero-order chi connectivity index (χ0) is 14.3. The monoisotopic (exact) mass is 276 g/mol. The van der Waals surface area contributed by atoms with Crippen molar-refractivity contribution < 1.29 is 0 Å². The van der Waals surface area contributed by atoms with Crippen molar-refractivity contribution in [2.45, 2.75) is 44.4 Å². The van der Waals surface area contributed by atoms with Crippen LogP contribution in [0.25, 0.3) is 0 Å². The Hall–Kier alpha value is -1.82. The Kier molecular flexibility index (Phi) is 4.89. The molecule has 0 fully saturated rings. The molecule has 0 heteroatoms. The van der Waals surface area contributed by atoms with E-state index in [4.69, 9.17) is 0 Å². The van der Waals surface area contributed by atoms with E-state index >= 15 is 0 Å². The standard InChI is InChI=1S/C21H24/c1-3-11-19(12-4-1)17-21(20-13-5-2-6-14-20)16-15-18-9-7-8-10-18/h1-6,9,11-14,21H,7-8,10,15-17H2. The van der Waals surface area contributed by atoms with Gasteiger partial charge >= 0.3 is 0 Å². The van der Waals surface area contributed by atoms with Gasteiger partial charge in [0.1, 0.15) is 0 Å². The molecule has 0 saturated heterocycles. The molecular weight excluding hydrogens is 252 g/mol. The molecule has 108 valence electrons. The number of benzene rings is 2. The Morgan fingerprint density at radius 3 is 2.24 bits per heavy atom. The molecule has 0 amide bonds. The average molecular weight is 276 g/mol. The van der Waals surface area contributed by atoms with Crippen molar-refractivity contribution in [3.05, 3.63) is 83.4 Å². The van der Waals surface area contributed by atoms with E-state index in [0.717, 1.165) is 6.42 Å². The first-order valence-corrected chi connectivity index (χ1v) is 8.18. The largest absolute Gasteiger partial charge is 0.0853 e.